The maximum Gasteiger partial charge on any atom is 0.290 e. The van der Waals surface area contributed by atoms with Gasteiger partial charge in [0, 0.05) is 5.56 Å². The van der Waals surface area contributed by atoms with Gasteiger partial charge in [-0.25, -0.2) is 4.39 Å². The summed E-state index contributed by atoms with van der Waals surface area (Å²) in [5, 5.41) is 4.14. The van der Waals surface area contributed by atoms with E-state index in [0.29, 0.717) is 11.3 Å². The van der Waals surface area contributed by atoms with Crippen molar-refractivity contribution in [3.8, 4) is 5.75 Å². The quantitative estimate of drug-likeness (QED) is 0.788. The van der Waals surface area contributed by atoms with Gasteiger partial charge < -0.3 is 10.1 Å². The molecule has 132 valence electrons. The minimum atomic E-state index is -0.542. The number of thioether (sulfide) groups is 1. The SMILES string of the molecule is O=C(COc1ccccc1/C=C1\SC(=O)NC1=O)Nc1ccccc1F. The Morgan fingerprint density at radius 1 is 1.15 bits per heavy atom. The molecule has 0 saturated carbocycles. The molecule has 6 nitrogen and oxygen atoms in total. The Labute approximate surface area is 152 Å². The predicted octanol–water partition coefficient (Wildman–Crippen LogP) is 3.17. The highest BCUT2D eigenvalue weighted by Crippen LogP contribution is 2.29. The summed E-state index contributed by atoms with van der Waals surface area (Å²) in [5.74, 6) is -1.19. The van der Waals surface area contributed by atoms with Crippen molar-refractivity contribution in [3.05, 3.63) is 64.8 Å². The van der Waals surface area contributed by atoms with E-state index < -0.39 is 22.9 Å². The van der Waals surface area contributed by atoms with E-state index in [4.69, 9.17) is 4.74 Å². The van der Waals surface area contributed by atoms with Crippen molar-refractivity contribution in [3.63, 3.8) is 0 Å². The first kappa shape index (κ1) is 17.7. The molecule has 1 fully saturated rings. The molecular weight excluding hydrogens is 359 g/mol. The summed E-state index contributed by atoms with van der Waals surface area (Å²) in [6.45, 7) is -0.340. The molecule has 8 heteroatoms. The zero-order valence-electron chi connectivity index (χ0n) is 13.3. The summed E-state index contributed by atoms with van der Waals surface area (Å²) in [6.07, 6.45) is 1.51. The number of ether oxygens (including phenoxy) is 1. The van der Waals surface area contributed by atoms with Crippen molar-refractivity contribution in [1.29, 1.82) is 0 Å². The molecule has 0 spiro atoms. The van der Waals surface area contributed by atoms with Gasteiger partial charge in [-0.1, -0.05) is 30.3 Å². The second kappa shape index (κ2) is 7.83. The Bertz CT molecular complexity index is 914. The third kappa shape index (κ3) is 4.28. The second-order valence-corrected chi connectivity index (χ2v) is 6.22. The van der Waals surface area contributed by atoms with Crippen molar-refractivity contribution < 1.29 is 23.5 Å². The molecule has 0 aromatic heterocycles. The first-order valence-corrected chi connectivity index (χ1v) is 8.35. The lowest BCUT2D eigenvalue weighted by atomic mass is 10.2. The van der Waals surface area contributed by atoms with Crippen LogP contribution in [0, 0.1) is 5.82 Å². The van der Waals surface area contributed by atoms with E-state index in [2.05, 4.69) is 10.6 Å². The molecule has 0 bridgehead atoms. The molecule has 1 aliphatic heterocycles. The average molecular weight is 372 g/mol. The highest BCUT2D eigenvalue weighted by molar-refractivity contribution is 8.18. The van der Waals surface area contributed by atoms with Crippen molar-refractivity contribution in [2.75, 3.05) is 11.9 Å². The molecule has 0 aliphatic carbocycles. The topological polar surface area (TPSA) is 84.5 Å². The van der Waals surface area contributed by atoms with E-state index in [1.54, 1.807) is 30.3 Å². The monoisotopic (exact) mass is 372 g/mol. The maximum atomic E-state index is 13.5. The predicted molar refractivity (Wildman–Crippen MR) is 96.1 cm³/mol. The number of hydrogen-bond donors (Lipinski definition) is 2. The molecule has 26 heavy (non-hydrogen) atoms. The van der Waals surface area contributed by atoms with E-state index in [9.17, 15) is 18.8 Å². The largest absolute Gasteiger partial charge is 0.483 e. The van der Waals surface area contributed by atoms with E-state index in [-0.39, 0.29) is 17.2 Å². The number of carbonyl (C=O) groups is 3. The second-order valence-electron chi connectivity index (χ2n) is 5.21. The van der Waals surface area contributed by atoms with Crippen LogP contribution >= 0.6 is 11.8 Å². The third-order valence-electron chi connectivity index (χ3n) is 3.35. The highest BCUT2D eigenvalue weighted by atomic mass is 32.2. The number of anilines is 1. The number of rotatable bonds is 5. The van der Waals surface area contributed by atoms with Crippen LogP contribution in [0.25, 0.3) is 6.08 Å². The molecule has 2 aromatic carbocycles. The fraction of sp³-hybridized carbons (Fsp3) is 0.0556. The lowest BCUT2D eigenvalue weighted by molar-refractivity contribution is -0.118. The molecule has 0 atom stereocenters. The number of amides is 3. The van der Waals surface area contributed by atoms with E-state index in [1.807, 2.05) is 0 Å². The Balaban J connectivity index is 1.68. The Morgan fingerprint density at radius 2 is 1.88 bits per heavy atom. The Morgan fingerprint density at radius 3 is 2.62 bits per heavy atom. The van der Waals surface area contributed by atoms with Crippen LogP contribution in [0.4, 0.5) is 14.9 Å². The number of nitrogens with one attached hydrogen (secondary N) is 2. The van der Waals surface area contributed by atoms with Crippen LogP contribution in [0.3, 0.4) is 0 Å². The molecule has 3 rings (SSSR count). The van der Waals surface area contributed by atoms with Gasteiger partial charge in [0.25, 0.3) is 17.1 Å². The molecule has 2 aromatic rings. The van der Waals surface area contributed by atoms with Crippen LogP contribution in [-0.4, -0.2) is 23.7 Å². The summed E-state index contributed by atoms with van der Waals surface area (Å²) >= 11 is 0.790. The van der Waals surface area contributed by atoms with Crippen molar-refractivity contribution in [2.45, 2.75) is 0 Å². The van der Waals surface area contributed by atoms with Crippen LogP contribution in [0.5, 0.6) is 5.75 Å². The first-order valence-electron chi connectivity index (χ1n) is 7.54. The zero-order chi connectivity index (χ0) is 18.5. The summed E-state index contributed by atoms with van der Waals surface area (Å²) in [7, 11) is 0. The van der Waals surface area contributed by atoms with Crippen molar-refractivity contribution >= 4 is 40.6 Å². The van der Waals surface area contributed by atoms with E-state index >= 15 is 0 Å². The molecule has 3 amide bonds. The number of halogens is 1. The van der Waals surface area contributed by atoms with E-state index in [0.717, 1.165) is 11.8 Å². The van der Waals surface area contributed by atoms with Gasteiger partial charge in [-0.05, 0) is 36.0 Å². The highest BCUT2D eigenvalue weighted by Gasteiger charge is 2.25. The van der Waals surface area contributed by atoms with Gasteiger partial charge in [-0.15, -0.1) is 0 Å². The van der Waals surface area contributed by atoms with Crippen molar-refractivity contribution in [2.24, 2.45) is 0 Å². The number of benzene rings is 2. The zero-order valence-corrected chi connectivity index (χ0v) is 14.1. The Hall–Kier alpha value is -3.13. The first-order chi connectivity index (χ1) is 12.5. The van der Waals surface area contributed by atoms with Crippen LogP contribution < -0.4 is 15.4 Å². The van der Waals surface area contributed by atoms with Gasteiger partial charge >= 0.3 is 0 Å². The lowest BCUT2D eigenvalue weighted by Gasteiger charge is -2.10. The summed E-state index contributed by atoms with van der Waals surface area (Å²) in [6, 6.07) is 12.6. The number of para-hydroxylation sites is 2. The standard InChI is InChI=1S/C18H13FN2O4S/c19-12-6-2-3-7-13(12)20-16(22)10-25-14-8-4-1-5-11(14)9-15-17(23)21-18(24)26-15/h1-9H,10H2,(H,20,22)(H,21,23,24)/b15-9-. The van der Waals surface area contributed by atoms with Crippen LogP contribution in [0.2, 0.25) is 0 Å². The molecule has 1 saturated heterocycles. The van der Waals surface area contributed by atoms with Crippen LogP contribution in [0.15, 0.2) is 53.4 Å². The summed E-state index contributed by atoms with van der Waals surface area (Å²) < 4.78 is 19.0. The van der Waals surface area contributed by atoms with Gasteiger partial charge in [0.1, 0.15) is 11.6 Å². The molecule has 0 radical (unpaired) electrons. The lowest BCUT2D eigenvalue weighted by Crippen LogP contribution is -2.21. The Kier molecular flexibility index (Phi) is 5.33. The minimum Gasteiger partial charge on any atom is -0.483 e. The van der Waals surface area contributed by atoms with Crippen LogP contribution in [0.1, 0.15) is 5.56 Å². The summed E-state index contributed by atoms with van der Waals surface area (Å²) in [5.41, 5.74) is 0.604. The fourth-order valence-electron chi connectivity index (χ4n) is 2.19. The fourth-order valence-corrected chi connectivity index (χ4v) is 2.86. The third-order valence-corrected chi connectivity index (χ3v) is 4.16. The molecule has 2 N–H and O–H groups in total. The van der Waals surface area contributed by atoms with Crippen LogP contribution in [-0.2, 0) is 9.59 Å². The number of carbonyl (C=O) groups excluding carboxylic acids is 3. The molecule has 1 heterocycles. The van der Waals surface area contributed by atoms with Gasteiger partial charge in [0.15, 0.2) is 6.61 Å². The maximum absolute atomic E-state index is 13.5. The smallest absolute Gasteiger partial charge is 0.290 e. The number of imide groups is 1. The normalized spacial score (nSPS) is 15.0. The average Bonchev–Trinajstić information content (AvgIpc) is 2.93. The van der Waals surface area contributed by atoms with Gasteiger partial charge in [-0.2, -0.15) is 0 Å². The van der Waals surface area contributed by atoms with E-state index in [1.165, 1.54) is 24.3 Å². The minimum absolute atomic E-state index is 0.0639. The van der Waals surface area contributed by atoms with Gasteiger partial charge in [-0.3, -0.25) is 19.7 Å². The molecule has 0 unspecified atom stereocenters. The van der Waals surface area contributed by atoms with Crippen molar-refractivity contribution in [1.82, 2.24) is 5.32 Å². The van der Waals surface area contributed by atoms with Gasteiger partial charge in [0.05, 0.1) is 10.6 Å². The summed E-state index contributed by atoms with van der Waals surface area (Å²) in [4.78, 5) is 35.1. The molecule has 1 aliphatic rings. The van der Waals surface area contributed by atoms with Gasteiger partial charge in [0.2, 0.25) is 0 Å². The molecular formula is C18H13FN2O4S. The number of hydrogen-bond acceptors (Lipinski definition) is 5.